The second-order valence-electron chi connectivity index (χ2n) is 5.13. The Kier molecular flexibility index (Phi) is 6.11. The number of ether oxygens (including phenoxy) is 5. The zero-order valence-electron chi connectivity index (χ0n) is 15.0. The summed E-state index contributed by atoms with van der Waals surface area (Å²) in [6.45, 7) is 0. The fourth-order valence-corrected chi connectivity index (χ4v) is 2.72. The van der Waals surface area contributed by atoms with Gasteiger partial charge in [0.1, 0.15) is 0 Å². The van der Waals surface area contributed by atoms with Gasteiger partial charge in [-0.2, -0.15) is 0 Å². The van der Waals surface area contributed by atoms with Gasteiger partial charge in [0.25, 0.3) is 0 Å². The van der Waals surface area contributed by atoms with Crippen LogP contribution >= 0.6 is 0 Å². The molecule has 0 bridgehead atoms. The third-order valence-electron chi connectivity index (χ3n) is 3.87. The number of para-hydroxylation sites is 1. The standard InChI is InChI=1S/C19H22O6/c1-21-14-8-6-7-13(18(14)24-4)17-12(11-16(20)23-3)9-10-15(22-2)19(17)25-5/h6-10H,11H2,1-5H3. The quantitative estimate of drug-likeness (QED) is 0.718. The summed E-state index contributed by atoms with van der Waals surface area (Å²) in [6.07, 6.45) is 0.0898. The predicted molar refractivity (Wildman–Crippen MR) is 93.8 cm³/mol. The summed E-state index contributed by atoms with van der Waals surface area (Å²) in [5, 5.41) is 0. The molecule has 0 spiro atoms. The molecule has 0 saturated carbocycles. The summed E-state index contributed by atoms with van der Waals surface area (Å²) < 4.78 is 26.7. The van der Waals surface area contributed by atoms with Crippen molar-refractivity contribution in [1.29, 1.82) is 0 Å². The van der Waals surface area contributed by atoms with Gasteiger partial charge in [0, 0.05) is 11.1 Å². The summed E-state index contributed by atoms with van der Waals surface area (Å²) in [7, 11) is 7.60. The molecule has 0 N–H and O–H groups in total. The monoisotopic (exact) mass is 346 g/mol. The van der Waals surface area contributed by atoms with E-state index < -0.39 is 0 Å². The smallest absolute Gasteiger partial charge is 0.310 e. The molecule has 25 heavy (non-hydrogen) atoms. The molecule has 2 aromatic carbocycles. The van der Waals surface area contributed by atoms with Crippen molar-refractivity contribution in [1.82, 2.24) is 0 Å². The van der Waals surface area contributed by atoms with Gasteiger partial charge in [0.05, 0.1) is 42.0 Å². The van der Waals surface area contributed by atoms with Crippen LogP contribution in [0.5, 0.6) is 23.0 Å². The number of benzene rings is 2. The summed E-state index contributed by atoms with van der Waals surface area (Å²) in [5.41, 5.74) is 2.16. The Morgan fingerprint density at radius 2 is 1.44 bits per heavy atom. The molecule has 0 unspecified atom stereocenters. The van der Waals surface area contributed by atoms with Gasteiger partial charge in [0.2, 0.25) is 0 Å². The first-order valence-electron chi connectivity index (χ1n) is 7.63. The van der Waals surface area contributed by atoms with E-state index in [4.69, 9.17) is 23.7 Å². The minimum Gasteiger partial charge on any atom is -0.493 e. The number of rotatable bonds is 7. The van der Waals surface area contributed by atoms with Crippen molar-refractivity contribution in [3.05, 3.63) is 35.9 Å². The normalized spacial score (nSPS) is 10.1. The van der Waals surface area contributed by atoms with Crippen molar-refractivity contribution < 1.29 is 28.5 Å². The SMILES string of the molecule is COC(=O)Cc1ccc(OC)c(OC)c1-c1cccc(OC)c1OC. The fraction of sp³-hybridized carbons (Fsp3) is 0.316. The first kappa shape index (κ1) is 18.4. The highest BCUT2D eigenvalue weighted by atomic mass is 16.5. The van der Waals surface area contributed by atoms with E-state index in [-0.39, 0.29) is 12.4 Å². The van der Waals surface area contributed by atoms with E-state index in [1.54, 1.807) is 40.6 Å². The van der Waals surface area contributed by atoms with Gasteiger partial charge in [-0.3, -0.25) is 4.79 Å². The minimum atomic E-state index is -0.352. The Bertz CT molecular complexity index is 754. The molecule has 6 nitrogen and oxygen atoms in total. The fourth-order valence-electron chi connectivity index (χ4n) is 2.72. The molecule has 0 aromatic heterocycles. The predicted octanol–water partition coefficient (Wildman–Crippen LogP) is 3.10. The van der Waals surface area contributed by atoms with E-state index in [1.807, 2.05) is 18.2 Å². The van der Waals surface area contributed by atoms with Crippen molar-refractivity contribution in [2.75, 3.05) is 35.5 Å². The Hall–Kier alpha value is -2.89. The van der Waals surface area contributed by atoms with Crippen LogP contribution in [0.25, 0.3) is 11.1 Å². The highest BCUT2D eigenvalue weighted by molar-refractivity contribution is 5.86. The first-order valence-corrected chi connectivity index (χ1v) is 7.63. The topological polar surface area (TPSA) is 63.2 Å². The van der Waals surface area contributed by atoms with Crippen LogP contribution in [0.15, 0.2) is 30.3 Å². The summed E-state index contributed by atoms with van der Waals surface area (Å²) in [6, 6.07) is 9.09. The maximum absolute atomic E-state index is 11.8. The lowest BCUT2D eigenvalue weighted by Gasteiger charge is -2.19. The van der Waals surface area contributed by atoms with Crippen LogP contribution in [-0.4, -0.2) is 41.5 Å². The molecule has 0 saturated heterocycles. The van der Waals surface area contributed by atoms with Gasteiger partial charge < -0.3 is 23.7 Å². The second kappa shape index (κ2) is 8.28. The van der Waals surface area contributed by atoms with E-state index in [1.165, 1.54) is 7.11 Å². The van der Waals surface area contributed by atoms with Gasteiger partial charge in [0.15, 0.2) is 23.0 Å². The average molecular weight is 346 g/mol. The summed E-state index contributed by atoms with van der Waals surface area (Å²) in [4.78, 5) is 11.8. The van der Waals surface area contributed by atoms with Crippen molar-refractivity contribution in [2.24, 2.45) is 0 Å². The van der Waals surface area contributed by atoms with Crippen molar-refractivity contribution in [3.63, 3.8) is 0 Å². The number of methoxy groups -OCH3 is 5. The van der Waals surface area contributed by atoms with Gasteiger partial charge in [-0.05, 0) is 17.7 Å². The second-order valence-corrected chi connectivity index (χ2v) is 5.13. The third kappa shape index (κ3) is 3.63. The maximum Gasteiger partial charge on any atom is 0.310 e. The molecule has 0 aliphatic heterocycles. The van der Waals surface area contributed by atoms with Crippen molar-refractivity contribution in [3.8, 4) is 34.1 Å². The van der Waals surface area contributed by atoms with Crippen molar-refractivity contribution in [2.45, 2.75) is 6.42 Å². The van der Waals surface area contributed by atoms with Gasteiger partial charge in [-0.1, -0.05) is 18.2 Å². The molecule has 0 aliphatic carbocycles. The zero-order chi connectivity index (χ0) is 18.4. The lowest BCUT2D eigenvalue weighted by Crippen LogP contribution is -2.07. The first-order chi connectivity index (χ1) is 12.1. The number of carbonyl (C=O) groups excluding carboxylic acids is 1. The van der Waals surface area contributed by atoms with Crippen LogP contribution in [0.3, 0.4) is 0 Å². The summed E-state index contributed by atoms with van der Waals surface area (Å²) >= 11 is 0. The van der Waals surface area contributed by atoms with Crippen LogP contribution in [0.2, 0.25) is 0 Å². The molecule has 0 heterocycles. The van der Waals surface area contributed by atoms with Crippen LogP contribution in [-0.2, 0) is 16.0 Å². The highest BCUT2D eigenvalue weighted by Crippen LogP contribution is 2.47. The molecule has 2 aromatic rings. The maximum atomic E-state index is 11.8. The van der Waals surface area contributed by atoms with Crippen LogP contribution < -0.4 is 18.9 Å². The van der Waals surface area contributed by atoms with Crippen molar-refractivity contribution >= 4 is 5.97 Å². The molecule has 2 rings (SSSR count). The molecule has 0 atom stereocenters. The Morgan fingerprint density at radius 3 is 2.00 bits per heavy atom. The largest absolute Gasteiger partial charge is 0.493 e. The minimum absolute atomic E-state index is 0.0898. The molecule has 0 aliphatic rings. The van der Waals surface area contributed by atoms with E-state index in [9.17, 15) is 4.79 Å². The van der Waals surface area contributed by atoms with Gasteiger partial charge >= 0.3 is 5.97 Å². The van der Waals surface area contributed by atoms with Gasteiger partial charge in [-0.25, -0.2) is 0 Å². The molecule has 0 fully saturated rings. The highest BCUT2D eigenvalue weighted by Gasteiger charge is 2.23. The molecule has 6 heteroatoms. The molecular formula is C19H22O6. The Balaban J connectivity index is 2.79. The molecule has 0 amide bonds. The number of hydrogen-bond donors (Lipinski definition) is 0. The number of esters is 1. The van der Waals surface area contributed by atoms with E-state index >= 15 is 0 Å². The molecular weight excluding hydrogens is 324 g/mol. The Morgan fingerprint density at radius 1 is 0.800 bits per heavy atom. The van der Waals surface area contributed by atoms with E-state index in [0.717, 1.165) is 11.1 Å². The third-order valence-corrected chi connectivity index (χ3v) is 3.87. The molecule has 0 radical (unpaired) electrons. The van der Waals surface area contributed by atoms with E-state index in [2.05, 4.69) is 0 Å². The summed E-state index contributed by atoms with van der Waals surface area (Å²) in [5.74, 6) is 1.83. The Labute approximate surface area is 147 Å². The van der Waals surface area contributed by atoms with Crippen LogP contribution in [0.1, 0.15) is 5.56 Å². The lowest BCUT2D eigenvalue weighted by molar-refractivity contribution is -0.139. The van der Waals surface area contributed by atoms with Gasteiger partial charge in [-0.15, -0.1) is 0 Å². The lowest BCUT2D eigenvalue weighted by atomic mass is 9.95. The van der Waals surface area contributed by atoms with E-state index in [0.29, 0.717) is 28.6 Å². The average Bonchev–Trinajstić information content (AvgIpc) is 2.66. The molecule has 134 valence electrons. The van der Waals surface area contributed by atoms with Crippen LogP contribution in [0.4, 0.5) is 0 Å². The van der Waals surface area contributed by atoms with Crippen LogP contribution in [0, 0.1) is 0 Å². The number of hydrogen-bond acceptors (Lipinski definition) is 6. The number of carbonyl (C=O) groups is 1. The zero-order valence-corrected chi connectivity index (χ0v) is 15.0.